The fourth-order valence-corrected chi connectivity index (χ4v) is 1.20. The molecule has 1 rings (SSSR count). The average Bonchev–Trinajstić information content (AvgIpc) is 2.78. The van der Waals surface area contributed by atoms with E-state index < -0.39 is 5.60 Å². The van der Waals surface area contributed by atoms with Gasteiger partial charge in [-0.25, -0.2) is 4.79 Å². The lowest BCUT2D eigenvalue weighted by molar-refractivity contribution is 0.0493. The molecule has 1 amide bonds. The molecular weight excluding hydrogens is 182 g/mol. The molecule has 4 heteroatoms. The van der Waals surface area contributed by atoms with Crippen LogP contribution in [0, 0.1) is 0 Å². The van der Waals surface area contributed by atoms with E-state index in [4.69, 9.17) is 9.47 Å². The van der Waals surface area contributed by atoms with Gasteiger partial charge in [0.05, 0.1) is 12.6 Å². The normalized spacial score (nSPS) is 22.7. The van der Waals surface area contributed by atoms with Gasteiger partial charge in [0.15, 0.2) is 0 Å². The number of alkyl carbamates (subject to hydrolysis) is 1. The molecule has 2 atom stereocenters. The molecular formula is C10H19NO3. The van der Waals surface area contributed by atoms with E-state index in [1.807, 2.05) is 27.7 Å². The van der Waals surface area contributed by atoms with Gasteiger partial charge in [0.2, 0.25) is 0 Å². The Hall–Kier alpha value is -0.770. The molecule has 0 spiro atoms. The highest BCUT2D eigenvalue weighted by Gasteiger charge is 2.33. The second kappa shape index (κ2) is 4.17. The quantitative estimate of drug-likeness (QED) is 0.707. The number of rotatable bonds is 3. The summed E-state index contributed by atoms with van der Waals surface area (Å²) >= 11 is 0. The zero-order valence-corrected chi connectivity index (χ0v) is 9.29. The van der Waals surface area contributed by atoms with Crippen molar-refractivity contribution in [3.05, 3.63) is 0 Å². The Morgan fingerprint density at radius 1 is 1.64 bits per heavy atom. The van der Waals surface area contributed by atoms with Gasteiger partial charge in [0.1, 0.15) is 11.7 Å². The Bertz CT molecular complexity index is 206. The smallest absolute Gasteiger partial charge is 0.407 e. The lowest BCUT2D eigenvalue weighted by Crippen LogP contribution is -2.41. The number of hydrogen-bond donors (Lipinski definition) is 1. The van der Waals surface area contributed by atoms with Crippen molar-refractivity contribution in [2.75, 3.05) is 6.61 Å². The molecule has 0 aromatic carbocycles. The number of carbonyl (C=O) groups is 1. The summed E-state index contributed by atoms with van der Waals surface area (Å²) in [5.74, 6) is 0. The topological polar surface area (TPSA) is 50.9 Å². The Morgan fingerprint density at radius 3 is 2.57 bits per heavy atom. The molecule has 14 heavy (non-hydrogen) atoms. The maximum absolute atomic E-state index is 11.4. The fourth-order valence-electron chi connectivity index (χ4n) is 1.20. The summed E-state index contributed by atoms with van der Waals surface area (Å²) in [4.78, 5) is 11.4. The lowest BCUT2D eigenvalue weighted by Gasteiger charge is -2.22. The van der Waals surface area contributed by atoms with Gasteiger partial charge in [-0.05, 0) is 27.2 Å². The van der Waals surface area contributed by atoms with Crippen LogP contribution in [0.3, 0.4) is 0 Å². The van der Waals surface area contributed by atoms with Gasteiger partial charge in [0, 0.05) is 0 Å². The van der Waals surface area contributed by atoms with E-state index in [2.05, 4.69) is 5.32 Å². The third kappa shape index (κ3) is 3.96. The van der Waals surface area contributed by atoms with E-state index in [1.54, 1.807) is 0 Å². The third-order valence-electron chi connectivity index (χ3n) is 1.95. The van der Waals surface area contributed by atoms with Crippen molar-refractivity contribution >= 4 is 6.09 Å². The van der Waals surface area contributed by atoms with Crippen molar-refractivity contribution in [2.24, 2.45) is 0 Å². The van der Waals surface area contributed by atoms with Crippen LogP contribution < -0.4 is 5.32 Å². The molecule has 4 nitrogen and oxygen atoms in total. The first-order chi connectivity index (χ1) is 6.42. The van der Waals surface area contributed by atoms with Gasteiger partial charge in [-0.15, -0.1) is 0 Å². The average molecular weight is 201 g/mol. The minimum absolute atomic E-state index is 0.0878. The van der Waals surface area contributed by atoms with Crippen molar-refractivity contribution in [3.63, 3.8) is 0 Å². The predicted octanol–water partition coefficient (Wildman–Crippen LogP) is 1.69. The van der Waals surface area contributed by atoms with Crippen LogP contribution in [-0.4, -0.2) is 30.4 Å². The molecule has 0 aromatic heterocycles. The maximum Gasteiger partial charge on any atom is 0.407 e. The Morgan fingerprint density at radius 2 is 2.21 bits per heavy atom. The van der Waals surface area contributed by atoms with Crippen molar-refractivity contribution in [1.29, 1.82) is 0 Å². The van der Waals surface area contributed by atoms with Gasteiger partial charge in [-0.3, -0.25) is 0 Å². The third-order valence-corrected chi connectivity index (χ3v) is 1.95. The summed E-state index contributed by atoms with van der Waals surface area (Å²) in [6.45, 7) is 8.31. The first-order valence-corrected chi connectivity index (χ1v) is 5.03. The minimum Gasteiger partial charge on any atom is -0.444 e. The first kappa shape index (κ1) is 11.3. The summed E-state index contributed by atoms with van der Waals surface area (Å²) in [7, 11) is 0. The van der Waals surface area contributed by atoms with E-state index >= 15 is 0 Å². The second-order valence-corrected chi connectivity index (χ2v) is 4.53. The highest BCUT2D eigenvalue weighted by atomic mass is 16.6. The Balaban J connectivity index is 2.31. The molecule has 0 aliphatic carbocycles. The molecule has 1 aliphatic rings. The van der Waals surface area contributed by atoms with Crippen LogP contribution in [0.2, 0.25) is 0 Å². The molecule has 1 heterocycles. The number of nitrogens with one attached hydrogen (secondary N) is 1. The van der Waals surface area contributed by atoms with Crippen LogP contribution in [-0.2, 0) is 9.47 Å². The van der Waals surface area contributed by atoms with Crippen LogP contribution in [0.25, 0.3) is 0 Å². The molecule has 0 radical (unpaired) electrons. The minimum atomic E-state index is -0.438. The van der Waals surface area contributed by atoms with Crippen LogP contribution in [0.1, 0.15) is 34.1 Å². The summed E-state index contributed by atoms with van der Waals surface area (Å²) in [5, 5.41) is 2.80. The molecule has 1 aliphatic heterocycles. The molecule has 1 saturated heterocycles. The van der Waals surface area contributed by atoms with E-state index in [0.29, 0.717) is 0 Å². The standard InChI is InChI=1S/C10H19NO3/c1-5-7(8-6-13-8)11-9(12)14-10(2,3)4/h7-8H,5-6H2,1-4H3,(H,11,12)/t7-,8-/m0/s1. The Labute approximate surface area is 85.0 Å². The van der Waals surface area contributed by atoms with Crippen LogP contribution in [0.4, 0.5) is 4.79 Å². The van der Waals surface area contributed by atoms with Gasteiger partial charge in [-0.1, -0.05) is 6.92 Å². The van der Waals surface area contributed by atoms with Crippen LogP contribution in [0.15, 0.2) is 0 Å². The summed E-state index contributed by atoms with van der Waals surface area (Å²) in [6, 6.07) is 0.0878. The predicted molar refractivity (Wildman–Crippen MR) is 53.2 cm³/mol. The fraction of sp³-hybridized carbons (Fsp3) is 0.900. The summed E-state index contributed by atoms with van der Waals surface area (Å²) in [6.07, 6.45) is 0.691. The van der Waals surface area contributed by atoms with Gasteiger partial charge >= 0.3 is 6.09 Å². The monoisotopic (exact) mass is 201 g/mol. The van der Waals surface area contributed by atoms with Crippen molar-refractivity contribution in [1.82, 2.24) is 5.32 Å². The zero-order chi connectivity index (χ0) is 10.8. The van der Waals surface area contributed by atoms with Gasteiger partial charge < -0.3 is 14.8 Å². The number of carbonyl (C=O) groups excluding carboxylic acids is 1. The number of hydrogen-bond acceptors (Lipinski definition) is 3. The van der Waals surface area contributed by atoms with E-state index in [9.17, 15) is 4.79 Å². The van der Waals surface area contributed by atoms with E-state index in [-0.39, 0.29) is 18.2 Å². The molecule has 0 unspecified atom stereocenters. The van der Waals surface area contributed by atoms with Gasteiger partial charge in [-0.2, -0.15) is 0 Å². The van der Waals surface area contributed by atoms with E-state index in [1.165, 1.54) is 0 Å². The number of ether oxygens (including phenoxy) is 2. The Kier molecular flexibility index (Phi) is 3.37. The van der Waals surface area contributed by atoms with Crippen LogP contribution >= 0.6 is 0 Å². The highest BCUT2D eigenvalue weighted by molar-refractivity contribution is 5.68. The largest absolute Gasteiger partial charge is 0.444 e. The molecule has 82 valence electrons. The maximum atomic E-state index is 11.4. The van der Waals surface area contributed by atoms with Gasteiger partial charge in [0.25, 0.3) is 0 Å². The molecule has 0 aromatic rings. The zero-order valence-electron chi connectivity index (χ0n) is 9.29. The SMILES string of the molecule is CC[C@H](NC(=O)OC(C)(C)C)[C@@H]1CO1. The lowest BCUT2D eigenvalue weighted by atomic mass is 10.2. The number of epoxide rings is 1. The van der Waals surface area contributed by atoms with Crippen LogP contribution in [0.5, 0.6) is 0 Å². The number of amides is 1. The molecule has 1 fully saturated rings. The second-order valence-electron chi connectivity index (χ2n) is 4.53. The van der Waals surface area contributed by atoms with Crippen molar-refractivity contribution < 1.29 is 14.3 Å². The molecule has 1 N–H and O–H groups in total. The summed E-state index contributed by atoms with van der Waals surface area (Å²) < 4.78 is 10.3. The molecule has 0 saturated carbocycles. The molecule has 0 bridgehead atoms. The summed E-state index contributed by atoms with van der Waals surface area (Å²) in [5.41, 5.74) is -0.438. The first-order valence-electron chi connectivity index (χ1n) is 5.03. The van der Waals surface area contributed by atoms with E-state index in [0.717, 1.165) is 13.0 Å². The van der Waals surface area contributed by atoms with Crippen molar-refractivity contribution in [3.8, 4) is 0 Å². The van der Waals surface area contributed by atoms with Crippen molar-refractivity contribution in [2.45, 2.75) is 51.9 Å². The highest BCUT2D eigenvalue weighted by Crippen LogP contribution is 2.17.